The van der Waals surface area contributed by atoms with E-state index in [4.69, 9.17) is 4.74 Å². The van der Waals surface area contributed by atoms with Gasteiger partial charge in [-0.15, -0.1) is 0 Å². The summed E-state index contributed by atoms with van der Waals surface area (Å²) in [7, 11) is 3.70. The van der Waals surface area contributed by atoms with Gasteiger partial charge in [0.05, 0.1) is 29.0 Å². The number of aryl methyl sites for hydroxylation is 2. The standard InChI is InChI=1S/C11H18BrN3O/c1-8-9(2)14-11(5-13-8)15(3)6-10(12)7-16-4/h5,10H,6-7H2,1-4H3. The number of hydrogen-bond acceptors (Lipinski definition) is 4. The van der Waals surface area contributed by atoms with Gasteiger partial charge in [0.2, 0.25) is 0 Å². The van der Waals surface area contributed by atoms with Crippen LogP contribution in [-0.2, 0) is 4.74 Å². The first kappa shape index (κ1) is 13.4. The summed E-state index contributed by atoms with van der Waals surface area (Å²) in [5, 5.41) is 0. The third-order valence-corrected chi connectivity index (χ3v) is 2.94. The first-order valence-corrected chi connectivity index (χ1v) is 6.10. The fourth-order valence-corrected chi connectivity index (χ4v) is 2.04. The SMILES string of the molecule is COCC(Br)CN(C)c1cnc(C)c(C)n1. The van der Waals surface area contributed by atoms with E-state index in [9.17, 15) is 0 Å². The van der Waals surface area contributed by atoms with Gasteiger partial charge in [-0.05, 0) is 13.8 Å². The number of halogens is 1. The Bertz CT molecular complexity index is 346. The minimum atomic E-state index is 0.297. The second-order valence-electron chi connectivity index (χ2n) is 3.83. The van der Waals surface area contributed by atoms with Crippen LogP contribution in [0.1, 0.15) is 11.4 Å². The molecule has 0 saturated carbocycles. The van der Waals surface area contributed by atoms with E-state index >= 15 is 0 Å². The van der Waals surface area contributed by atoms with Crippen molar-refractivity contribution in [3.63, 3.8) is 0 Å². The van der Waals surface area contributed by atoms with E-state index in [1.54, 1.807) is 13.3 Å². The van der Waals surface area contributed by atoms with Gasteiger partial charge < -0.3 is 9.64 Å². The van der Waals surface area contributed by atoms with Crippen LogP contribution < -0.4 is 4.90 Å². The molecule has 1 unspecified atom stereocenters. The van der Waals surface area contributed by atoms with Crippen molar-refractivity contribution in [2.75, 3.05) is 32.2 Å². The van der Waals surface area contributed by atoms with E-state index < -0.39 is 0 Å². The van der Waals surface area contributed by atoms with Crippen molar-refractivity contribution in [2.45, 2.75) is 18.7 Å². The number of alkyl halides is 1. The molecule has 4 nitrogen and oxygen atoms in total. The molecule has 1 atom stereocenters. The number of methoxy groups -OCH3 is 1. The van der Waals surface area contributed by atoms with Gasteiger partial charge in [0.1, 0.15) is 5.82 Å². The van der Waals surface area contributed by atoms with E-state index in [1.807, 2.05) is 20.9 Å². The molecular weight excluding hydrogens is 270 g/mol. The number of nitrogens with zero attached hydrogens (tertiary/aromatic N) is 3. The molecule has 0 aromatic carbocycles. The van der Waals surface area contributed by atoms with Crippen molar-refractivity contribution in [1.82, 2.24) is 9.97 Å². The van der Waals surface area contributed by atoms with Crippen LogP contribution in [0, 0.1) is 13.8 Å². The first-order chi connectivity index (χ1) is 7.54. The van der Waals surface area contributed by atoms with E-state index in [0.29, 0.717) is 11.4 Å². The van der Waals surface area contributed by atoms with Gasteiger partial charge in [0.25, 0.3) is 0 Å². The lowest BCUT2D eigenvalue weighted by molar-refractivity contribution is 0.201. The molecule has 0 bridgehead atoms. The summed E-state index contributed by atoms with van der Waals surface area (Å²) in [5.74, 6) is 0.892. The zero-order valence-corrected chi connectivity index (χ0v) is 11.8. The quantitative estimate of drug-likeness (QED) is 0.776. The smallest absolute Gasteiger partial charge is 0.147 e. The van der Waals surface area contributed by atoms with E-state index in [1.165, 1.54) is 0 Å². The molecule has 1 heterocycles. The normalized spacial score (nSPS) is 12.6. The van der Waals surface area contributed by atoms with Crippen molar-refractivity contribution in [3.05, 3.63) is 17.6 Å². The van der Waals surface area contributed by atoms with Gasteiger partial charge in [-0.25, -0.2) is 4.98 Å². The first-order valence-electron chi connectivity index (χ1n) is 5.19. The van der Waals surface area contributed by atoms with Crippen molar-refractivity contribution >= 4 is 21.7 Å². The molecule has 0 fully saturated rings. The average Bonchev–Trinajstić information content (AvgIpc) is 2.22. The maximum absolute atomic E-state index is 5.07. The number of rotatable bonds is 5. The minimum Gasteiger partial charge on any atom is -0.383 e. The average molecular weight is 288 g/mol. The molecule has 0 spiro atoms. The van der Waals surface area contributed by atoms with Crippen LogP contribution in [0.25, 0.3) is 0 Å². The molecule has 0 aliphatic heterocycles. The van der Waals surface area contributed by atoms with Crippen LogP contribution in [0.2, 0.25) is 0 Å². The van der Waals surface area contributed by atoms with Gasteiger partial charge in [0, 0.05) is 20.7 Å². The Balaban J connectivity index is 2.65. The number of aromatic nitrogens is 2. The van der Waals surface area contributed by atoms with Crippen LogP contribution in [0.5, 0.6) is 0 Å². The Labute approximate surface area is 105 Å². The van der Waals surface area contributed by atoms with Gasteiger partial charge in [0.15, 0.2) is 0 Å². The Morgan fingerprint density at radius 3 is 2.69 bits per heavy atom. The highest BCUT2D eigenvalue weighted by atomic mass is 79.9. The zero-order valence-electron chi connectivity index (χ0n) is 10.2. The summed E-state index contributed by atoms with van der Waals surface area (Å²) in [5.41, 5.74) is 1.95. The summed E-state index contributed by atoms with van der Waals surface area (Å²) in [4.78, 5) is 11.2. The van der Waals surface area contributed by atoms with Crippen LogP contribution in [0.15, 0.2) is 6.20 Å². The fourth-order valence-electron chi connectivity index (χ4n) is 1.34. The number of hydrogen-bond donors (Lipinski definition) is 0. The molecule has 0 N–H and O–H groups in total. The lowest BCUT2D eigenvalue weighted by atomic mass is 10.3. The maximum Gasteiger partial charge on any atom is 0.147 e. The van der Waals surface area contributed by atoms with E-state index in [-0.39, 0.29) is 0 Å². The van der Waals surface area contributed by atoms with Crippen molar-refractivity contribution < 1.29 is 4.74 Å². The Hall–Kier alpha value is -0.680. The summed E-state index contributed by atoms with van der Waals surface area (Å²) in [6, 6.07) is 0. The van der Waals surface area contributed by atoms with Crippen LogP contribution >= 0.6 is 15.9 Å². The van der Waals surface area contributed by atoms with Crippen molar-refractivity contribution in [2.24, 2.45) is 0 Å². The third kappa shape index (κ3) is 3.72. The molecule has 0 saturated heterocycles. The second kappa shape index (κ2) is 6.15. The highest BCUT2D eigenvalue weighted by Crippen LogP contribution is 2.12. The molecule has 0 radical (unpaired) electrons. The van der Waals surface area contributed by atoms with E-state index in [2.05, 4.69) is 30.8 Å². The van der Waals surface area contributed by atoms with Crippen molar-refractivity contribution in [3.8, 4) is 0 Å². The largest absolute Gasteiger partial charge is 0.383 e. The molecular formula is C11H18BrN3O. The summed E-state index contributed by atoms with van der Waals surface area (Å²) in [6.45, 7) is 5.46. The Morgan fingerprint density at radius 1 is 1.44 bits per heavy atom. The summed E-state index contributed by atoms with van der Waals surface area (Å²) >= 11 is 3.55. The Morgan fingerprint density at radius 2 is 2.12 bits per heavy atom. The highest BCUT2D eigenvalue weighted by molar-refractivity contribution is 9.09. The molecule has 0 amide bonds. The molecule has 1 rings (SSSR count). The molecule has 0 aliphatic carbocycles. The van der Waals surface area contributed by atoms with Gasteiger partial charge >= 0.3 is 0 Å². The van der Waals surface area contributed by atoms with E-state index in [0.717, 1.165) is 23.8 Å². The molecule has 90 valence electrons. The highest BCUT2D eigenvalue weighted by Gasteiger charge is 2.10. The second-order valence-corrected chi connectivity index (χ2v) is 5.13. The predicted molar refractivity (Wildman–Crippen MR) is 69.4 cm³/mol. The number of anilines is 1. The monoisotopic (exact) mass is 287 g/mol. The van der Waals surface area contributed by atoms with Gasteiger partial charge in [-0.3, -0.25) is 4.98 Å². The van der Waals surface area contributed by atoms with Crippen LogP contribution in [-0.4, -0.2) is 42.1 Å². The molecule has 16 heavy (non-hydrogen) atoms. The Kier molecular flexibility index (Phi) is 5.15. The fraction of sp³-hybridized carbons (Fsp3) is 0.636. The maximum atomic E-state index is 5.07. The molecule has 1 aromatic rings. The topological polar surface area (TPSA) is 38.2 Å². The van der Waals surface area contributed by atoms with Gasteiger partial charge in [-0.1, -0.05) is 15.9 Å². The van der Waals surface area contributed by atoms with Crippen molar-refractivity contribution in [1.29, 1.82) is 0 Å². The summed E-state index contributed by atoms with van der Waals surface area (Å²) in [6.07, 6.45) is 1.80. The molecule has 0 aliphatic rings. The van der Waals surface area contributed by atoms with Crippen LogP contribution in [0.3, 0.4) is 0 Å². The summed E-state index contributed by atoms with van der Waals surface area (Å²) < 4.78 is 5.07. The lowest BCUT2D eigenvalue weighted by Crippen LogP contribution is -2.29. The minimum absolute atomic E-state index is 0.297. The zero-order chi connectivity index (χ0) is 12.1. The predicted octanol–water partition coefficient (Wildman–Crippen LogP) is 1.94. The van der Waals surface area contributed by atoms with Crippen LogP contribution in [0.4, 0.5) is 5.82 Å². The third-order valence-electron chi connectivity index (χ3n) is 2.39. The lowest BCUT2D eigenvalue weighted by Gasteiger charge is -2.21. The van der Waals surface area contributed by atoms with Gasteiger partial charge in [-0.2, -0.15) is 0 Å². The number of ether oxygens (including phenoxy) is 1. The molecule has 1 aromatic heterocycles. The molecule has 5 heteroatoms.